The molecule has 0 aromatic carbocycles. The minimum absolute atomic E-state index is 0.315. The first-order chi connectivity index (χ1) is 7.23. The molecule has 15 heavy (non-hydrogen) atoms. The molecule has 0 aliphatic carbocycles. The number of rotatable bonds is 2. The van der Waals surface area contributed by atoms with Gasteiger partial charge in [-0.3, -0.25) is 4.99 Å². The van der Waals surface area contributed by atoms with Crippen LogP contribution in [-0.2, 0) is 4.74 Å². The molecular weight excluding hydrogens is 190 g/mol. The van der Waals surface area contributed by atoms with Crippen molar-refractivity contribution in [2.24, 2.45) is 10.4 Å². The van der Waals surface area contributed by atoms with Gasteiger partial charge in [-0.15, -0.1) is 0 Å². The van der Waals surface area contributed by atoms with Crippen LogP contribution in [0.25, 0.3) is 0 Å². The van der Waals surface area contributed by atoms with Crippen LogP contribution < -0.4 is 5.32 Å². The van der Waals surface area contributed by atoms with E-state index in [4.69, 9.17) is 4.74 Å². The van der Waals surface area contributed by atoms with Gasteiger partial charge in [0.25, 0.3) is 0 Å². The molecule has 2 rings (SSSR count). The molecule has 86 valence electrons. The molecule has 0 aromatic heterocycles. The van der Waals surface area contributed by atoms with Gasteiger partial charge in [-0.05, 0) is 12.8 Å². The second-order valence-electron chi connectivity index (χ2n) is 4.90. The van der Waals surface area contributed by atoms with Crippen LogP contribution in [0.5, 0.6) is 0 Å². The molecule has 0 amide bonds. The third kappa shape index (κ3) is 2.43. The van der Waals surface area contributed by atoms with E-state index in [1.807, 2.05) is 7.05 Å². The van der Waals surface area contributed by atoms with E-state index >= 15 is 0 Å². The van der Waals surface area contributed by atoms with Gasteiger partial charge < -0.3 is 15.0 Å². The summed E-state index contributed by atoms with van der Waals surface area (Å²) in [7, 11) is 1.86. The van der Waals surface area contributed by atoms with Crippen LogP contribution in [-0.4, -0.2) is 50.8 Å². The summed E-state index contributed by atoms with van der Waals surface area (Å²) in [5.74, 6) is 1.06. The molecular formula is C11H21N3O. The van der Waals surface area contributed by atoms with E-state index in [0.717, 1.165) is 38.8 Å². The van der Waals surface area contributed by atoms with Crippen LogP contribution in [0.3, 0.4) is 0 Å². The molecule has 0 saturated carbocycles. The highest BCUT2D eigenvalue weighted by atomic mass is 16.5. The van der Waals surface area contributed by atoms with Gasteiger partial charge in [0, 0.05) is 32.1 Å². The van der Waals surface area contributed by atoms with Crippen molar-refractivity contribution in [3.8, 4) is 0 Å². The first-order valence-electron chi connectivity index (χ1n) is 5.77. The van der Waals surface area contributed by atoms with Crippen molar-refractivity contribution < 1.29 is 4.74 Å². The first kappa shape index (κ1) is 10.7. The van der Waals surface area contributed by atoms with E-state index in [2.05, 4.69) is 22.1 Å². The third-order valence-corrected chi connectivity index (χ3v) is 3.19. The fraction of sp³-hybridized carbons (Fsp3) is 0.909. The summed E-state index contributed by atoms with van der Waals surface area (Å²) < 4.78 is 5.24. The Labute approximate surface area is 91.7 Å². The van der Waals surface area contributed by atoms with Crippen molar-refractivity contribution in [3.63, 3.8) is 0 Å². The molecule has 0 bridgehead atoms. The largest absolute Gasteiger partial charge is 0.380 e. The molecule has 2 saturated heterocycles. The van der Waals surface area contributed by atoms with Gasteiger partial charge in [0.2, 0.25) is 0 Å². The van der Waals surface area contributed by atoms with Gasteiger partial charge in [-0.2, -0.15) is 0 Å². The summed E-state index contributed by atoms with van der Waals surface area (Å²) in [6, 6.07) is 0. The van der Waals surface area contributed by atoms with Gasteiger partial charge in [-0.25, -0.2) is 0 Å². The van der Waals surface area contributed by atoms with Crippen LogP contribution in [0.4, 0.5) is 0 Å². The molecule has 0 unspecified atom stereocenters. The van der Waals surface area contributed by atoms with E-state index in [1.54, 1.807) is 0 Å². The topological polar surface area (TPSA) is 36.9 Å². The van der Waals surface area contributed by atoms with Crippen molar-refractivity contribution in [1.82, 2.24) is 10.2 Å². The van der Waals surface area contributed by atoms with E-state index in [-0.39, 0.29) is 0 Å². The lowest BCUT2D eigenvalue weighted by molar-refractivity contribution is -0.0972. The van der Waals surface area contributed by atoms with E-state index in [1.165, 1.54) is 12.8 Å². The van der Waals surface area contributed by atoms with Crippen LogP contribution >= 0.6 is 0 Å². The number of nitrogens with one attached hydrogen (secondary N) is 1. The maximum atomic E-state index is 5.24. The number of nitrogens with zero attached hydrogens (tertiary/aromatic N) is 2. The average molecular weight is 211 g/mol. The highest BCUT2D eigenvalue weighted by molar-refractivity contribution is 5.80. The minimum atomic E-state index is 0.315. The molecule has 0 atom stereocenters. The first-order valence-corrected chi connectivity index (χ1v) is 5.77. The Morgan fingerprint density at radius 1 is 1.40 bits per heavy atom. The molecule has 0 aromatic rings. The van der Waals surface area contributed by atoms with E-state index in [9.17, 15) is 0 Å². The summed E-state index contributed by atoms with van der Waals surface area (Å²) in [4.78, 5) is 6.66. The third-order valence-electron chi connectivity index (χ3n) is 3.19. The van der Waals surface area contributed by atoms with Crippen molar-refractivity contribution in [2.75, 3.05) is 39.9 Å². The van der Waals surface area contributed by atoms with Crippen LogP contribution in [0.1, 0.15) is 19.8 Å². The molecule has 4 nitrogen and oxygen atoms in total. The summed E-state index contributed by atoms with van der Waals surface area (Å²) in [6.45, 7) is 7.25. The van der Waals surface area contributed by atoms with Gasteiger partial charge in [0.15, 0.2) is 5.96 Å². The van der Waals surface area contributed by atoms with Gasteiger partial charge in [0.05, 0.1) is 13.2 Å². The van der Waals surface area contributed by atoms with Crippen molar-refractivity contribution in [2.45, 2.75) is 19.8 Å². The molecule has 2 fully saturated rings. The lowest BCUT2D eigenvalue weighted by Crippen LogP contribution is -2.51. The number of likely N-dealkylation sites (tertiary alicyclic amines) is 1. The Hall–Kier alpha value is -0.770. The number of guanidine groups is 1. The van der Waals surface area contributed by atoms with Gasteiger partial charge >= 0.3 is 0 Å². The Balaban J connectivity index is 1.80. The minimum Gasteiger partial charge on any atom is -0.380 e. The normalized spacial score (nSPS) is 25.2. The zero-order chi connectivity index (χ0) is 10.7. The fourth-order valence-corrected chi connectivity index (χ4v) is 2.11. The molecule has 2 heterocycles. The molecule has 1 N–H and O–H groups in total. The number of hydrogen-bond acceptors (Lipinski definition) is 2. The maximum absolute atomic E-state index is 5.24. The second-order valence-corrected chi connectivity index (χ2v) is 4.90. The number of aliphatic imine (C=N–C) groups is 1. The number of hydrogen-bond donors (Lipinski definition) is 1. The Morgan fingerprint density at radius 3 is 2.53 bits per heavy atom. The zero-order valence-electron chi connectivity index (χ0n) is 9.75. The zero-order valence-corrected chi connectivity index (χ0v) is 9.75. The van der Waals surface area contributed by atoms with Gasteiger partial charge in [-0.1, -0.05) is 6.92 Å². The Kier molecular flexibility index (Phi) is 3.14. The highest BCUT2D eigenvalue weighted by Gasteiger charge is 2.33. The molecule has 2 aliphatic heterocycles. The number of ether oxygens (including phenoxy) is 1. The predicted octanol–water partition coefficient (Wildman–Crippen LogP) is 0.694. The van der Waals surface area contributed by atoms with Crippen LogP contribution in [0.15, 0.2) is 4.99 Å². The standard InChI is InChI=1S/C11H21N3O/c1-11(8-15-9-11)7-13-10(12-2)14-5-3-4-6-14/h3-9H2,1-2H3,(H,12,13). The maximum Gasteiger partial charge on any atom is 0.193 e. The molecule has 2 aliphatic rings. The summed E-state index contributed by atoms with van der Waals surface area (Å²) in [5, 5.41) is 3.45. The van der Waals surface area contributed by atoms with Crippen molar-refractivity contribution in [3.05, 3.63) is 0 Å². The predicted molar refractivity (Wildman–Crippen MR) is 61.1 cm³/mol. The fourth-order valence-electron chi connectivity index (χ4n) is 2.11. The smallest absolute Gasteiger partial charge is 0.193 e. The Morgan fingerprint density at radius 2 is 2.07 bits per heavy atom. The van der Waals surface area contributed by atoms with Crippen LogP contribution in [0, 0.1) is 5.41 Å². The van der Waals surface area contributed by atoms with Crippen molar-refractivity contribution in [1.29, 1.82) is 0 Å². The molecule has 0 radical (unpaired) electrons. The Bertz CT molecular complexity index is 242. The van der Waals surface area contributed by atoms with Gasteiger partial charge in [0.1, 0.15) is 0 Å². The van der Waals surface area contributed by atoms with E-state index < -0.39 is 0 Å². The summed E-state index contributed by atoms with van der Waals surface area (Å²) >= 11 is 0. The average Bonchev–Trinajstić information content (AvgIpc) is 2.69. The molecule has 0 spiro atoms. The SMILES string of the molecule is CN=C(NCC1(C)COC1)N1CCCC1. The highest BCUT2D eigenvalue weighted by Crippen LogP contribution is 2.25. The van der Waals surface area contributed by atoms with Crippen molar-refractivity contribution >= 4 is 5.96 Å². The quantitative estimate of drug-likeness (QED) is 0.539. The lowest BCUT2D eigenvalue weighted by atomic mass is 9.89. The molecule has 4 heteroatoms. The van der Waals surface area contributed by atoms with E-state index in [0.29, 0.717) is 5.41 Å². The van der Waals surface area contributed by atoms with Crippen LogP contribution in [0.2, 0.25) is 0 Å². The second kappa shape index (κ2) is 4.39. The summed E-state index contributed by atoms with van der Waals surface area (Å²) in [6.07, 6.45) is 2.59. The summed E-state index contributed by atoms with van der Waals surface area (Å²) in [5.41, 5.74) is 0.315. The lowest BCUT2D eigenvalue weighted by Gasteiger charge is -2.39. The monoisotopic (exact) mass is 211 g/mol.